The predicted molar refractivity (Wildman–Crippen MR) is 70.8 cm³/mol. The summed E-state index contributed by atoms with van der Waals surface area (Å²) in [5.74, 6) is -0.928. The molecule has 0 spiro atoms. The lowest BCUT2D eigenvalue weighted by atomic mass is 10.1. The number of benzene rings is 1. The summed E-state index contributed by atoms with van der Waals surface area (Å²) in [7, 11) is 0. The lowest BCUT2D eigenvalue weighted by molar-refractivity contribution is 0.0931. The number of hydrogen-bond donors (Lipinski definition) is 2. The minimum Gasteiger partial charge on any atom is -0.490 e. The van der Waals surface area contributed by atoms with Crippen LogP contribution in [-0.2, 0) is 0 Å². The molecule has 0 aliphatic rings. The average Bonchev–Trinajstić information content (AvgIpc) is 2.38. The van der Waals surface area contributed by atoms with E-state index in [0.29, 0.717) is 19.4 Å². The lowest BCUT2D eigenvalue weighted by Crippen LogP contribution is -2.33. The first-order valence-electron chi connectivity index (χ1n) is 6.43. The van der Waals surface area contributed by atoms with Crippen LogP contribution in [-0.4, -0.2) is 30.3 Å². The second-order valence-electron chi connectivity index (χ2n) is 4.29. The van der Waals surface area contributed by atoms with Crippen molar-refractivity contribution in [3.8, 4) is 5.75 Å². The quantitative estimate of drug-likeness (QED) is 0.797. The molecule has 1 atom stereocenters. The molecule has 0 heterocycles. The van der Waals surface area contributed by atoms with Crippen LogP contribution < -0.4 is 10.1 Å². The van der Waals surface area contributed by atoms with Crippen LogP contribution in [0.5, 0.6) is 5.75 Å². The molecule has 19 heavy (non-hydrogen) atoms. The third-order valence-corrected chi connectivity index (χ3v) is 2.67. The fourth-order valence-electron chi connectivity index (χ4n) is 1.75. The first kappa shape index (κ1) is 15.4. The van der Waals surface area contributed by atoms with E-state index in [4.69, 9.17) is 9.84 Å². The zero-order valence-electron chi connectivity index (χ0n) is 11.3. The summed E-state index contributed by atoms with van der Waals surface area (Å²) < 4.78 is 18.8. The molecule has 0 aliphatic heterocycles. The van der Waals surface area contributed by atoms with Crippen molar-refractivity contribution in [2.75, 3.05) is 13.2 Å². The summed E-state index contributed by atoms with van der Waals surface area (Å²) in [6.07, 6.45) is 1.28. The van der Waals surface area contributed by atoms with Crippen LogP contribution in [0.3, 0.4) is 0 Å². The van der Waals surface area contributed by atoms with E-state index in [1.807, 2.05) is 6.92 Å². The minimum absolute atomic E-state index is 0.0168. The Morgan fingerprint density at radius 1 is 1.53 bits per heavy atom. The van der Waals surface area contributed by atoms with Gasteiger partial charge in [0.25, 0.3) is 5.91 Å². The summed E-state index contributed by atoms with van der Waals surface area (Å²) in [6.45, 7) is 3.96. The number of carbonyl (C=O) groups excluding carboxylic acids is 1. The standard InChI is InChI=1S/C14H20FNO3/c1-3-19-13-11(7-4-8-12(13)15)14(18)16-10(2)6-5-9-17/h4,7-8,10,17H,3,5-6,9H2,1-2H3,(H,16,18). The molecule has 0 fully saturated rings. The Balaban J connectivity index is 2.78. The van der Waals surface area contributed by atoms with Crippen molar-refractivity contribution in [2.24, 2.45) is 0 Å². The molecule has 0 bridgehead atoms. The predicted octanol–water partition coefficient (Wildman–Crippen LogP) is 2.12. The number of aliphatic hydroxyl groups excluding tert-OH is 1. The second-order valence-corrected chi connectivity index (χ2v) is 4.29. The van der Waals surface area contributed by atoms with Crippen molar-refractivity contribution in [2.45, 2.75) is 32.7 Å². The maximum absolute atomic E-state index is 13.6. The molecule has 0 saturated carbocycles. The number of carbonyl (C=O) groups is 1. The molecule has 1 amide bonds. The van der Waals surface area contributed by atoms with Crippen LogP contribution in [0.15, 0.2) is 18.2 Å². The van der Waals surface area contributed by atoms with Crippen molar-refractivity contribution in [1.29, 1.82) is 0 Å². The highest BCUT2D eigenvalue weighted by Crippen LogP contribution is 2.22. The molecule has 2 N–H and O–H groups in total. The van der Waals surface area contributed by atoms with Crippen molar-refractivity contribution < 1.29 is 19.0 Å². The van der Waals surface area contributed by atoms with Gasteiger partial charge in [0.2, 0.25) is 0 Å². The van der Waals surface area contributed by atoms with Gasteiger partial charge in [-0.25, -0.2) is 4.39 Å². The Bertz CT molecular complexity index is 423. The molecule has 1 rings (SSSR count). The van der Waals surface area contributed by atoms with Gasteiger partial charge in [-0.15, -0.1) is 0 Å². The molecular weight excluding hydrogens is 249 g/mol. The normalized spacial score (nSPS) is 12.0. The van der Waals surface area contributed by atoms with Gasteiger partial charge in [0.1, 0.15) is 0 Å². The highest BCUT2D eigenvalue weighted by Gasteiger charge is 2.17. The summed E-state index contributed by atoms with van der Waals surface area (Å²) in [4.78, 5) is 12.0. The van der Waals surface area contributed by atoms with Crippen LogP contribution in [0.2, 0.25) is 0 Å². The van der Waals surface area contributed by atoms with E-state index in [0.717, 1.165) is 0 Å². The van der Waals surface area contributed by atoms with Gasteiger partial charge in [0, 0.05) is 12.6 Å². The number of aliphatic hydroxyl groups is 1. The van der Waals surface area contributed by atoms with Crippen molar-refractivity contribution in [1.82, 2.24) is 5.32 Å². The summed E-state index contributed by atoms with van der Waals surface area (Å²) in [6, 6.07) is 4.18. The summed E-state index contributed by atoms with van der Waals surface area (Å²) in [5.41, 5.74) is 0.192. The van der Waals surface area contributed by atoms with Gasteiger partial charge in [-0.1, -0.05) is 6.07 Å². The number of amides is 1. The van der Waals surface area contributed by atoms with Crippen LogP contribution in [0.25, 0.3) is 0 Å². The molecule has 1 aromatic rings. The SMILES string of the molecule is CCOc1c(F)cccc1C(=O)NC(C)CCCO. The highest BCUT2D eigenvalue weighted by molar-refractivity contribution is 5.97. The first-order chi connectivity index (χ1) is 9.10. The van der Waals surface area contributed by atoms with Gasteiger partial charge in [-0.3, -0.25) is 4.79 Å². The van der Waals surface area contributed by atoms with Gasteiger partial charge >= 0.3 is 0 Å². The summed E-state index contributed by atoms with van der Waals surface area (Å²) in [5, 5.41) is 11.5. The van der Waals surface area contributed by atoms with Gasteiger partial charge in [0.15, 0.2) is 11.6 Å². The molecule has 0 saturated heterocycles. The number of rotatable bonds is 7. The molecule has 106 valence electrons. The Morgan fingerprint density at radius 3 is 2.89 bits per heavy atom. The fraction of sp³-hybridized carbons (Fsp3) is 0.500. The number of hydrogen-bond acceptors (Lipinski definition) is 3. The summed E-state index contributed by atoms with van der Waals surface area (Å²) >= 11 is 0. The van der Waals surface area contributed by atoms with Crippen LogP contribution in [0.1, 0.15) is 37.0 Å². The van der Waals surface area contributed by atoms with Gasteiger partial charge in [0.05, 0.1) is 12.2 Å². The molecule has 5 heteroatoms. The van der Waals surface area contributed by atoms with E-state index in [1.165, 1.54) is 18.2 Å². The van der Waals surface area contributed by atoms with Gasteiger partial charge < -0.3 is 15.2 Å². The van der Waals surface area contributed by atoms with Crippen molar-refractivity contribution in [3.05, 3.63) is 29.6 Å². The molecule has 0 aliphatic carbocycles. The molecule has 1 aromatic carbocycles. The van der Waals surface area contributed by atoms with E-state index < -0.39 is 5.82 Å². The lowest BCUT2D eigenvalue weighted by Gasteiger charge is -2.15. The maximum Gasteiger partial charge on any atom is 0.255 e. The van der Waals surface area contributed by atoms with Crippen LogP contribution in [0, 0.1) is 5.82 Å². The Hall–Kier alpha value is -1.62. The zero-order valence-corrected chi connectivity index (χ0v) is 11.3. The van der Waals surface area contributed by atoms with Crippen LogP contribution in [0.4, 0.5) is 4.39 Å². The molecule has 4 nitrogen and oxygen atoms in total. The van der Waals surface area contributed by atoms with E-state index in [1.54, 1.807) is 6.92 Å². The van der Waals surface area contributed by atoms with E-state index in [-0.39, 0.29) is 29.9 Å². The van der Waals surface area contributed by atoms with E-state index >= 15 is 0 Å². The number of ether oxygens (including phenoxy) is 1. The van der Waals surface area contributed by atoms with Crippen molar-refractivity contribution >= 4 is 5.91 Å². The van der Waals surface area contributed by atoms with Crippen molar-refractivity contribution in [3.63, 3.8) is 0 Å². The fourth-order valence-corrected chi connectivity index (χ4v) is 1.75. The largest absolute Gasteiger partial charge is 0.490 e. The molecule has 0 aromatic heterocycles. The average molecular weight is 269 g/mol. The molecular formula is C14H20FNO3. The Kier molecular flexibility index (Phi) is 6.29. The number of nitrogens with one attached hydrogen (secondary N) is 1. The third kappa shape index (κ3) is 4.52. The zero-order chi connectivity index (χ0) is 14.3. The second kappa shape index (κ2) is 7.74. The molecule has 1 unspecified atom stereocenters. The van der Waals surface area contributed by atoms with E-state index in [2.05, 4.69) is 5.32 Å². The van der Waals surface area contributed by atoms with Gasteiger partial charge in [-0.05, 0) is 38.8 Å². The number of para-hydroxylation sites is 1. The van der Waals surface area contributed by atoms with Gasteiger partial charge in [-0.2, -0.15) is 0 Å². The molecule has 0 radical (unpaired) electrons. The van der Waals surface area contributed by atoms with Crippen LogP contribution >= 0.6 is 0 Å². The number of halogens is 1. The Morgan fingerprint density at radius 2 is 2.26 bits per heavy atom. The third-order valence-electron chi connectivity index (χ3n) is 2.67. The monoisotopic (exact) mass is 269 g/mol. The first-order valence-corrected chi connectivity index (χ1v) is 6.43. The Labute approximate surface area is 112 Å². The topological polar surface area (TPSA) is 58.6 Å². The maximum atomic E-state index is 13.6. The minimum atomic E-state index is -0.544. The van der Waals surface area contributed by atoms with E-state index in [9.17, 15) is 9.18 Å². The highest BCUT2D eigenvalue weighted by atomic mass is 19.1. The smallest absolute Gasteiger partial charge is 0.255 e.